The number of nitrogens with one attached hydrogen (secondary N) is 2. The zero-order valence-electron chi connectivity index (χ0n) is 44.4. The van der Waals surface area contributed by atoms with Crippen LogP contribution in [0.1, 0.15) is 134 Å². The maximum Gasteiger partial charge on any atom is 0.306 e. The smallest absolute Gasteiger partial charge is 0.306 e. The quantitative estimate of drug-likeness (QED) is 0.0186. The van der Waals surface area contributed by atoms with Crippen LogP contribution in [-0.4, -0.2) is 112 Å². The third-order valence-electron chi connectivity index (χ3n) is 12.7. The molecule has 0 aromatic heterocycles. The molecule has 4 aromatic carbocycles. The number of nitrogens with zero attached hydrogens (tertiary/aromatic N) is 2. The van der Waals surface area contributed by atoms with Gasteiger partial charge in [0.05, 0.1) is 39.1 Å². The Hall–Kier alpha value is -4.41. The van der Waals surface area contributed by atoms with Gasteiger partial charge < -0.3 is 38.1 Å². The SMILES string of the molecule is CN(C)c1cccc2c(S(=O)(=O)NCCCCCCCCCCCC(=O)O[C@H](COC(=O)CCCCCCCCCCCNC(=O)Cc3ccc4ccccc4c3)COP(=O)([O-])OCC[N+](C)(C)C)cccc12. The molecular weight excluding hydrogens is 968 g/mol. The van der Waals surface area contributed by atoms with Crippen molar-refractivity contribution in [2.75, 3.05) is 79.6 Å². The lowest BCUT2D eigenvalue weighted by Gasteiger charge is -2.28. The summed E-state index contributed by atoms with van der Waals surface area (Å²) in [6, 6.07) is 25.4. The minimum absolute atomic E-state index is 0.0475. The van der Waals surface area contributed by atoms with Crippen molar-refractivity contribution in [3.63, 3.8) is 0 Å². The van der Waals surface area contributed by atoms with E-state index in [4.69, 9.17) is 18.5 Å². The van der Waals surface area contributed by atoms with E-state index in [1.165, 1.54) is 5.39 Å². The Morgan fingerprint density at radius 1 is 0.644 bits per heavy atom. The van der Waals surface area contributed by atoms with Crippen molar-refractivity contribution in [2.45, 2.75) is 146 Å². The molecule has 0 bridgehead atoms. The Morgan fingerprint density at radius 3 is 1.84 bits per heavy atom. The highest BCUT2D eigenvalue weighted by atomic mass is 32.2. The predicted octanol–water partition coefficient (Wildman–Crippen LogP) is 10.2. The molecule has 0 fully saturated rings. The van der Waals surface area contributed by atoms with E-state index in [1.54, 1.807) is 12.1 Å². The molecule has 0 spiro atoms. The van der Waals surface area contributed by atoms with E-state index in [2.05, 4.69) is 34.3 Å². The second-order valence-electron chi connectivity index (χ2n) is 20.4. The summed E-state index contributed by atoms with van der Waals surface area (Å²) in [6.45, 7) is 0.558. The summed E-state index contributed by atoms with van der Waals surface area (Å²) in [5.74, 6) is -0.924. The number of fused-ring (bicyclic) bond motifs is 2. The van der Waals surface area contributed by atoms with E-state index >= 15 is 0 Å². The highest BCUT2D eigenvalue weighted by molar-refractivity contribution is 7.89. The van der Waals surface area contributed by atoms with Gasteiger partial charge in [-0.2, -0.15) is 0 Å². The zero-order valence-corrected chi connectivity index (χ0v) is 46.1. The van der Waals surface area contributed by atoms with Crippen LogP contribution in [0.5, 0.6) is 0 Å². The van der Waals surface area contributed by atoms with Crippen molar-refractivity contribution in [3.8, 4) is 0 Å². The summed E-state index contributed by atoms with van der Waals surface area (Å²) in [5.41, 5.74) is 1.98. The molecule has 73 heavy (non-hydrogen) atoms. The van der Waals surface area contributed by atoms with E-state index in [1.807, 2.05) is 82.6 Å². The number of carbonyl (C=O) groups excluding carboxylic acids is 3. The van der Waals surface area contributed by atoms with Gasteiger partial charge >= 0.3 is 11.9 Å². The number of quaternary nitrogens is 1. The van der Waals surface area contributed by atoms with Crippen LogP contribution >= 0.6 is 7.82 Å². The molecule has 406 valence electrons. The molecule has 17 heteroatoms. The maximum absolute atomic E-state index is 13.2. The molecule has 4 aromatic rings. The molecule has 0 aliphatic heterocycles. The topological polar surface area (TPSA) is 190 Å². The van der Waals surface area contributed by atoms with E-state index in [0.717, 1.165) is 125 Å². The molecule has 0 heterocycles. The number of hydrogen-bond acceptors (Lipinski definition) is 12. The lowest BCUT2D eigenvalue weighted by atomic mass is 10.0. The van der Waals surface area contributed by atoms with Gasteiger partial charge in [-0.25, -0.2) is 13.1 Å². The first kappa shape index (κ1) is 61.1. The average molecular weight is 1050 g/mol. The van der Waals surface area contributed by atoms with Crippen LogP contribution in [0, 0.1) is 0 Å². The van der Waals surface area contributed by atoms with Crippen LogP contribution in [-0.2, 0) is 53.9 Å². The summed E-state index contributed by atoms with van der Waals surface area (Å²) in [6.07, 6.45) is 16.7. The van der Waals surface area contributed by atoms with Crippen molar-refractivity contribution < 1.29 is 55.3 Å². The lowest BCUT2D eigenvalue weighted by Crippen LogP contribution is -2.37. The zero-order chi connectivity index (χ0) is 53.0. The summed E-state index contributed by atoms with van der Waals surface area (Å²) < 4.78 is 63.2. The summed E-state index contributed by atoms with van der Waals surface area (Å²) >= 11 is 0. The van der Waals surface area contributed by atoms with Gasteiger partial charge in [-0.3, -0.25) is 18.9 Å². The fourth-order valence-corrected chi connectivity index (χ4v) is 10.5. The molecule has 2 atom stereocenters. The van der Waals surface area contributed by atoms with Crippen molar-refractivity contribution in [2.24, 2.45) is 0 Å². The molecule has 1 amide bonds. The number of esters is 2. The van der Waals surface area contributed by atoms with Gasteiger partial charge in [0.2, 0.25) is 15.9 Å². The molecule has 4 rings (SSSR count). The molecule has 1 unspecified atom stereocenters. The molecule has 0 saturated carbocycles. The highest BCUT2D eigenvalue weighted by Crippen LogP contribution is 2.38. The number of benzene rings is 4. The van der Waals surface area contributed by atoms with Gasteiger partial charge in [0.25, 0.3) is 7.82 Å². The largest absolute Gasteiger partial charge is 0.756 e. The molecule has 0 radical (unpaired) electrons. The number of anilines is 1. The first-order valence-electron chi connectivity index (χ1n) is 26.6. The molecule has 15 nitrogen and oxygen atoms in total. The monoisotopic (exact) mass is 1050 g/mol. The Bertz CT molecular complexity index is 2450. The third kappa shape index (κ3) is 25.1. The van der Waals surface area contributed by atoms with Crippen LogP contribution in [0.15, 0.2) is 83.8 Å². The minimum atomic E-state index is -4.70. The maximum atomic E-state index is 13.2. The van der Waals surface area contributed by atoms with E-state index in [-0.39, 0.29) is 36.9 Å². The highest BCUT2D eigenvalue weighted by Gasteiger charge is 2.22. The van der Waals surface area contributed by atoms with Crippen LogP contribution in [0.2, 0.25) is 0 Å². The van der Waals surface area contributed by atoms with Gasteiger partial charge in [-0.15, -0.1) is 0 Å². The second kappa shape index (κ2) is 32.8. The number of phosphoric ester groups is 1. The fourth-order valence-electron chi connectivity index (χ4n) is 8.52. The van der Waals surface area contributed by atoms with Gasteiger partial charge in [-0.05, 0) is 54.2 Å². The number of sulfonamides is 1. The predicted molar refractivity (Wildman–Crippen MR) is 290 cm³/mol. The molecule has 0 saturated heterocycles. The number of likely N-dealkylation sites (N-methyl/N-ethyl adjacent to an activating group) is 1. The second-order valence-corrected chi connectivity index (χ2v) is 23.5. The lowest BCUT2D eigenvalue weighted by molar-refractivity contribution is -0.870. The van der Waals surface area contributed by atoms with Crippen LogP contribution < -0.4 is 19.8 Å². The van der Waals surface area contributed by atoms with E-state index in [9.17, 15) is 32.3 Å². The number of carbonyl (C=O) groups is 3. The Balaban J connectivity index is 1.02. The Labute approximate surface area is 436 Å². The Kier molecular flexibility index (Phi) is 27.5. The van der Waals surface area contributed by atoms with Gasteiger partial charge in [0, 0.05) is 56.5 Å². The summed E-state index contributed by atoms with van der Waals surface area (Å²) in [7, 11) is 1.24. The number of phosphoric acid groups is 1. The molecular formula is C56H85N4O11PS. The van der Waals surface area contributed by atoms with Crippen molar-refractivity contribution in [1.82, 2.24) is 10.0 Å². The normalized spacial score (nSPS) is 13.2. The van der Waals surface area contributed by atoms with E-state index < -0.39 is 42.5 Å². The number of hydrogen-bond donors (Lipinski definition) is 2. The van der Waals surface area contributed by atoms with Crippen molar-refractivity contribution in [3.05, 3.63) is 84.4 Å². The fraction of sp³-hybridized carbons (Fsp3) is 0.589. The van der Waals surface area contributed by atoms with Gasteiger partial charge in [0.15, 0.2) is 6.10 Å². The minimum Gasteiger partial charge on any atom is -0.756 e. The third-order valence-corrected chi connectivity index (χ3v) is 15.2. The summed E-state index contributed by atoms with van der Waals surface area (Å²) in [4.78, 5) is 52.7. The van der Waals surface area contributed by atoms with Crippen LogP contribution in [0.4, 0.5) is 5.69 Å². The number of rotatable bonds is 39. The first-order chi connectivity index (χ1) is 34.9. The molecule has 0 aliphatic rings. The Morgan fingerprint density at radius 2 is 1.21 bits per heavy atom. The summed E-state index contributed by atoms with van der Waals surface area (Å²) in [5, 5.41) is 6.95. The van der Waals surface area contributed by atoms with Crippen LogP contribution in [0.25, 0.3) is 21.5 Å². The van der Waals surface area contributed by atoms with E-state index in [0.29, 0.717) is 48.8 Å². The number of unbranched alkanes of at least 4 members (excludes halogenated alkanes) is 16. The van der Waals surface area contributed by atoms with Gasteiger partial charge in [-0.1, -0.05) is 157 Å². The van der Waals surface area contributed by atoms with Crippen LogP contribution in [0.3, 0.4) is 0 Å². The van der Waals surface area contributed by atoms with Crippen molar-refractivity contribution in [1.29, 1.82) is 0 Å². The standard InChI is InChI=1S/C56H85N4O11PS/c1-59(2)52-32-26-31-51-50(52)30-27-33-53(51)73(66,67)58-39-25-19-15-11-7-9-13-17-21-35-56(63)71-49(45-70-72(64,65)69-41-40-60(3,4)5)44-68-55(62)34-20-16-12-8-6-10-14-18-24-38-57-54(61)43-46-36-37-47-28-22-23-29-48(47)42-46/h22-23,26-33,36-37,42,49,58H,6-21,24-25,34-35,38-41,43-45H2,1-5H3,(H-,57,61,64,65)/t49-/m1/s1. The first-order valence-corrected chi connectivity index (χ1v) is 29.6. The average Bonchev–Trinajstić information content (AvgIpc) is 3.34. The number of amides is 1. The number of ether oxygens (including phenoxy) is 2. The molecule has 0 aliphatic carbocycles. The van der Waals surface area contributed by atoms with Crippen molar-refractivity contribution >= 4 is 62.9 Å². The van der Waals surface area contributed by atoms with Gasteiger partial charge in [0.1, 0.15) is 19.8 Å². The molecule has 2 N–H and O–H groups in total.